The highest BCUT2D eigenvalue weighted by molar-refractivity contribution is 5.99. The van der Waals surface area contributed by atoms with Crippen LogP contribution in [-0.2, 0) is 21.1 Å². The number of hydrogen-bond donors (Lipinski definition) is 3. The monoisotopic (exact) mass is 955 g/mol. The first-order chi connectivity index (χ1) is 21.5. The van der Waals surface area contributed by atoms with E-state index in [9.17, 15) is 0 Å². The van der Waals surface area contributed by atoms with Gasteiger partial charge in [-0.25, -0.2) is 18.7 Å². The highest BCUT2D eigenvalue weighted by Crippen LogP contribution is 2.35. The second-order valence-electron chi connectivity index (χ2n) is 11.5. The van der Waals surface area contributed by atoms with E-state index in [0.29, 0.717) is 0 Å². The molecule has 0 radical (unpaired) electrons. The molecule has 7 aromatic rings. The van der Waals surface area contributed by atoms with Crippen LogP contribution in [0.25, 0.3) is 78.6 Å². The Balaban J connectivity index is 0.00000144. The molecule has 0 saturated carbocycles. The third-order valence-corrected chi connectivity index (χ3v) is 8.34. The number of halogens is 3. The highest BCUT2D eigenvalue weighted by Gasteiger charge is 2.18. The summed E-state index contributed by atoms with van der Waals surface area (Å²) in [6.07, 6.45) is 16.8. The lowest BCUT2D eigenvalue weighted by molar-refractivity contribution is -0.671. The van der Waals surface area contributed by atoms with E-state index in [0.717, 1.165) is 77.9 Å². The zero-order valence-corrected chi connectivity index (χ0v) is 32.4. The van der Waals surface area contributed by atoms with Crippen LogP contribution in [0.5, 0.6) is 0 Å². The molecule has 1 aliphatic heterocycles. The molecule has 1 aliphatic rings. The van der Waals surface area contributed by atoms with Crippen LogP contribution in [0.4, 0.5) is 0 Å². The molecule has 7 aromatic heterocycles. The van der Waals surface area contributed by atoms with Gasteiger partial charge in [0.2, 0.25) is 0 Å². The molecule has 0 aromatic carbocycles. The Hall–Kier alpha value is -3.63. The lowest BCUT2D eigenvalue weighted by Crippen LogP contribution is -3.00. The Morgan fingerprint density at radius 2 is 0.830 bits per heavy atom. The molecule has 0 atom stereocenters. The lowest BCUT2D eigenvalue weighted by atomic mass is 10.1. The average molecular weight is 955 g/mol. The quantitative estimate of drug-likeness (QED) is 0.130. The highest BCUT2D eigenvalue weighted by atomic mass is 127. The smallest absolute Gasteiger partial charge is 0.176 e. The Labute approximate surface area is 323 Å². The number of hydrogen-bond acceptors (Lipinski definition) is 1. The molecule has 8 rings (SSSR count). The van der Waals surface area contributed by atoms with E-state index >= 15 is 0 Å². The molecule has 0 spiro atoms. The van der Waals surface area contributed by atoms with Crippen LogP contribution in [0.1, 0.15) is 11.4 Å². The predicted octanol–water partition coefficient (Wildman–Crippen LogP) is -2.82. The molecule has 0 aliphatic carbocycles. The van der Waals surface area contributed by atoms with Crippen LogP contribution < -0.4 is 85.6 Å². The van der Waals surface area contributed by atoms with Gasteiger partial charge in [-0.2, -0.15) is 0 Å². The van der Waals surface area contributed by atoms with E-state index in [2.05, 4.69) is 153 Å². The molecular formula is C37H32I3N7. The van der Waals surface area contributed by atoms with Crippen molar-refractivity contribution in [2.75, 3.05) is 0 Å². The zero-order valence-electron chi connectivity index (χ0n) is 26.0. The summed E-state index contributed by atoms with van der Waals surface area (Å²) >= 11 is 0. The zero-order chi connectivity index (χ0) is 29.8. The summed E-state index contributed by atoms with van der Waals surface area (Å²) in [4.78, 5) is 16.5. The molecule has 8 heterocycles. The molecule has 10 heteroatoms. The summed E-state index contributed by atoms with van der Waals surface area (Å²) in [5.74, 6) is 0. The Kier molecular flexibility index (Phi) is 10.5. The molecule has 47 heavy (non-hydrogen) atoms. The summed E-state index contributed by atoms with van der Waals surface area (Å²) in [6, 6.07) is 25.8. The number of pyridine rings is 3. The summed E-state index contributed by atoms with van der Waals surface area (Å²) in [5.41, 5.74) is 14.4. The maximum Gasteiger partial charge on any atom is 0.176 e. The maximum atomic E-state index is 5.31. The maximum absolute atomic E-state index is 5.31. The number of fused-ring (bicyclic) bond motifs is 9. The van der Waals surface area contributed by atoms with Crippen molar-refractivity contribution in [1.82, 2.24) is 19.9 Å². The SMILES string of the molecule is C[n+]1ccc(-c2c3nc(c(-c4ccc[n+](C)c4)c4ccc([nH]4)c(-c4cc[n+](C)cc4)c4ccc([nH]4)c4ccc2[nH]4)C=C3)cc1.[I-].[I-].[I-]. The molecule has 3 N–H and O–H groups in total. The number of aryl methyl sites for hydroxylation is 3. The van der Waals surface area contributed by atoms with E-state index in [1.807, 2.05) is 18.7 Å². The van der Waals surface area contributed by atoms with Gasteiger partial charge in [0.1, 0.15) is 21.1 Å². The van der Waals surface area contributed by atoms with Gasteiger partial charge in [0.15, 0.2) is 37.2 Å². The Morgan fingerprint density at radius 3 is 1.32 bits per heavy atom. The fourth-order valence-electron chi connectivity index (χ4n) is 6.13. The van der Waals surface area contributed by atoms with Crippen molar-refractivity contribution in [1.29, 1.82) is 0 Å². The molecule has 8 bridgehead atoms. The van der Waals surface area contributed by atoms with Gasteiger partial charge in [-0.05, 0) is 65.7 Å². The summed E-state index contributed by atoms with van der Waals surface area (Å²) < 4.78 is 6.18. The van der Waals surface area contributed by atoms with Gasteiger partial charge in [0, 0.05) is 74.7 Å². The third-order valence-electron chi connectivity index (χ3n) is 8.34. The summed E-state index contributed by atoms with van der Waals surface area (Å²) in [6.45, 7) is 0. The molecule has 0 amide bonds. The number of rotatable bonds is 3. The van der Waals surface area contributed by atoms with Crippen LogP contribution in [-0.4, -0.2) is 19.9 Å². The first kappa shape index (κ1) is 34.7. The minimum Gasteiger partial charge on any atom is -1.00 e. The molecule has 0 fully saturated rings. The van der Waals surface area contributed by atoms with E-state index in [1.165, 1.54) is 0 Å². The van der Waals surface area contributed by atoms with Crippen LogP contribution in [0.2, 0.25) is 0 Å². The molecule has 236 valence electrons. The van der Waals surface area contributed by atoms with Crippen molar-refractivity contribution in [3.63, 3.8) is 0 Å². The van der Waals surface area contributed by atoms with Crippen LogP contribution >= 0.6 is 0 Å². The second-order valence-corrected chi connectivity index (χ2v) is 11.5. The van der Waals surface area contributed by atoms with Crippen LogP contribution in [0.15, 0.2) is 110 Å². The van der Waals surface area contributed by atoms with Crippen LogP contribution in [0, 0.1) is 0 Å². The van der Waals surface area contributed by atoms with Gasteiger partial charge in [0.05, 0.1) is 22.4 Å². The van der Waals surface area contributed by atoms with Crippen LogP contribution in [0.3, 0.4) is 0 Å². The largest absolute Gasteiger partial charge is 1.00 e. The second kappa shape index (κ2) is 14.2. The molecule has 0 unspecified atom stereocenters. The predicted molar refractivity (Wildman–Crippen MR) is 175 cm³/mol. The Morgan fingerprint density at radius 1 is 0.426 bits per heavy atom. The van der Waals surface area contributed by atoms with E-state index in [4.69, 9.17) is 4.98 Å². The van der Waals surface area contributed by atoms with Crippen molar-refractivity contribution in [3.05, 3.63) is 121 Å². The van der Waals surface area contributed by atoms with Crippen molar-refractivity contribution in [2.45, 2.75) is 0 Å². The number of aromatic nitrogens is 7. The van der Waals surface area contributed by atoms with Gasteiger partial charge < -0.3 is 86.9 Å². The number of H-pyrrole nitrogens is 3. The van der Waals surface area contributed by atoms with Crippen molar-refractivity contribution < 1.29 is 85.6 Å². The van der Waals surface area contributed by atoms with E-state index in [-0.39, 0.29) is 71.9 Å². The van der Waals surface area contributed by atoms with Crippen molar-refractivity contribution in [2.24, 2.45) is 21.1 Å². The molecule has 0 saturated heterocycles. The fraction of sp³-hybridized carbons (Fsp3) is 0.0811. The van der Waals surface area contributed by atoms with E-state index < -0.39 is 0 Å². The summed E-state index contributed by atoms with van der Waals surface area (Å²) in [7, 11) is 6.12. The molecular weight excluding hydrogens is 923 g/mol. The Bertz CT molecular complexity index is 2370. The minimum atomic E-state index is 0. The van der Waals surface area contributed by atoms with E-state index in [1.54, 1.807) is 0 Å². The van der Waals surface area contributed by atoms with Gasteiger partial charge in [-0.3, -0.25) is 0 Å². The third kappa shape index (κ3) is 6.59. The lowest BCUT2D eigenvalue weighted by Gasteiger charge is -2.04. The molecule has 7 nitrogen and oxygen atoms in total. The number of nitrogens with one attached hydrogen (secondary N) is 3. The topological polar surface area (TPSA) is 71.9 Å². The average Bonchev–Trinajstić information content (AvgIpc) is 3.85. The van der Waals surface area contributed by atoms with Gasteiger partial charge in [-0.15, -0.1) is 0 Å². The van der Waals surface area contributed by atoms with Crippen molar-refractivity contribution >= 4 is 45.3 Å². The fourth-order valence-corrected chi connectivity index (χ4v) is 6.13. The first-order valence-corrected chi connectivity index (χ1v) is 14.7. The van der Waals surface area contributed by atoms with Gasteiger partial charge in [0.25, 0.3) is 0 Å². The number of nitrogens with zero attached hydrogens (tertiary/aromatic N) is 4. The first-order valence-electron chi connectivity index (χ1n) is 14.7. The van der Waals surface area contributed by atoms with Gasteiger partial charge in [-0.1, -0.05) is 0 Å². The normalized spacial score (nSPS) is 11.1. The van der Waals surface area contributed by atoms with Crippen molar-refractivity contribution in [3.8, 4) is 33.4 Å². The van der Waals surface area contributed by atoms with Gasteiger partial charge >= 0.3 is 0 Å². The number of aromatic amines is 3. The standard InChI is InChI=1S/C37H30N7.3HI/c1-42-19-14-24(15-20-42)35-29-8-6-27(38-29)28-7-9-30(39-28)36(25-16-21-43(2)22-17-25)32-11-13-34(41-32)37(33-12-10-31(35)40-33)26-5-4-18-44(3)23-26;;;/h4-23H,1-3H3,(H,40,41);3*1H/q+1;;;/p-1. The minimum absolute atomic E-state index is 0. The summed E-state index contributed by atoms with van der Waals surface area (Å²) in [5, 5.41) is 0.